The van der Waals surface area contributed by atoms with Crippen molar-refractivity contribution in [1.29, 1.82) is 0 Å². The van der Waals surface area contributed by atoms with E-state index in [1.54, 1.807) is 17.4 Å². The monoisotopic (exact) mass is 375 g/mol. The maximum Gasteiger partial charge on any atom is 0.234 e. The molecule has 140 valence electrons. The molecule has 1 amide bonds. The SMILES string of the molecule is C=CCNC(=O)CN1CCN(CCCc2nc(-c3cccs3)no2)CC1. The topological polar surface area (TPSA) is 74.5 Å². The van der Waals surface area contributed by atoms with Crippen LogP contribution in [0.15, 0.2) is 34.7 Å². The number of hydrogen-bond acceptors (Lipinski definition) is 7. The fourth-order valence-corrected chi connectivity index (χ4v) is 3.58. The normalized spacial score (nSPS) is 15.8. The quantitative estimate of drug-likeness (QED) is 0.672. The van der Waals surface area contributed by atoms with Crippen molar-refractivity contribution in [1.82, 2.24) is 25.3 Å². The lowest BCUT2D eigenvalue weighted by molar-refractivity contribution is -0.122. The lowest BCUT2D eigenvalue weighted by atomic mass is 10.2. The second kappa shape index (κ2) is 9.61. The molecule has 1 N–H and O–H groups in total. The van der Waals surface area contributed by atoms with Gasteiger partial charge in [-0.3, -0.25) is 9.69 Å². The number of carbonyl (C=O) groups excluding carboxylic acids is 1. The van der Waals surface area contributed by atoms with E-state index in [1.165, 1.54) is 0 Å². The number of thiophene rings is 1. The van der Waals surface area contributed by atoms with Crippen molar-refractivity contribution >= 4 is 17.2 Å². The molecule has 1 fully saturated rings. The molecule has 26 heavy (non-hydrogen) atoms. The largest absolute Gasteiger partial charge is 0.352 e. The van der Waals surface area contributed by atoms with E-state index in [1.807, 2.05) is 17.5 Å². The third-order valence-electron chi connectivity index (χ3n) is 4.35. The molecule has 0 atom stereocenters. The van der Waals surface area contributed by atoms with E-state index in [0.717, 1.165) is 50.4 Å². The molecule has 0 spiro atoms. The predicted molar refractivity (Wildman–Crippen MR) is 102 cm³/mol. The summed E-state index contributed by atoms with van der Waals surface area (Å²) in [5, 5.41) is 8.87. The zero-order valence-corrected chi connectivity index (χ0v) is 15.7. The summed E-state index contributed by atoms with van der Waals surface area (Å²) in [7, 11) is 0. The first-order valence-electron chi connectivity index (χ1n) is 8.93. The van der Waals surface area contributed by atoms with Crippen molar-refractivity contribution in [3.8, 4) is 10.7 Å². The summed E-state index contributed by atoms with van der Waals surface area (Å²) in [6.07, 6.45) is 3.48. The number of nitrogens with zero attached hydrogens (tertiary/aromatic N) is 4. The van der Waals surface area contributed by atoms with Crippen LogP contribution in [0.25, 0.3) is 10.7 Å². The molecule has 0 radical (unpaired) electrons. The molecule has 3 rings (SSSR count). The summed E-state index contributed by atoms with van der Waals surface area (Å²) in [5.74, 6) is 1.44. The van der Waals surface area contributed by atoms with E-state index in [0.29, 0.717) is 24.8 Å². The number of amides is 1. The van der Waals surface area contributed by atoms with E-state index in [2.05, 4.69) is 31.8 Å². The van der Waals surface area contributed by atoms with Crippen LogP contribution in [0.3, 0.4) is 0 Å². The molecule has 2 aromatic rings. The van der Waals surface area contributed by atoms with Crippen molar-refractivity contribution < 1.29 is 9.32 Å². The smallest absolute Gasteiger partial charge is 0.234 e. The number of rotatable bonds is 9. The average Bonchev–Trinajstić information content (AvgIpc) is 3.33. The van der Waals surface area contributed by atoms with Crippen LogP contribution in [-0.4, -0.2) is 71.7 Å². The Morgan fingerprint density at radius 3 is 2.88 bits per heavy atom. The fourth-order valence-electron chi connectivity index (χ4n) is 2.93. The molecule has 0 saturated carbocycles. The first-order chi connectivity index (χ1) is 12.7. The Labute approximate surface area is 157 Å². The molecule has 0 bridgehead atoms. The van der Waals surface area contributed by atoms with Crippen LogP contribution in [0.1, 0.15) is 12.3 Å². The van der Waals surface area contributed by atoms with Crippen molar-refractivity contribution in [2.45, 2.75) is 12.8 Å². The first kappa shape index (κ1) is 18.8. The van der Waals surface area contributed by atoms with Crippen LogP contribution in [-0.2, 0) is 11.2 Å². The van der Waals surface area contributed by atoms with Gasteiger partial charge in [-0.05, 0) is 24.4 Å². The van der Waals surface area contributed by atoms with Crippen LogP contribution in [0, 0.1) is 0 Å². The van der Waals surface area contributed by atoms with Gasteiger partial charge in [0.05, 0.1) is 11.4 Å². The molecule has 7 nitrogen and oxygen atoms in total. The summed E-state index contributed by atoms with van der Waals surface area (Å²) in [4.78, 5) is 21.8. The van der Waals surface area contributed by atoms with E-state index in [9.17, 15) is 4.79 Å². The summed E-state index contributed by atoms with van der Waals surface area (Å²) >= 11 is 1.61. The van der Waals surface area contributed by atoms with E-state index in [-0.39, 0.29) is 5.91 Å². The van der Waals surface area contributed by atoms with Gasteiger partial charge in [-0.25, -0.2) is 0 Å². The Balaban J connectivity index is 1.33. The first-order valence-corrected chi connectivity index (χ1v) is 9.81. The second-order valence-corrected chi connectivity index (χ2v) is 7.25. The van der Waals surface area contributed by atoms with Gasteiger partial charge in [-0.1, -0.05) is 17.3 Å². The average molecular weight is 375 g/mol. The molecule has 1 aliphatic heterocycles. The summed E-state index contributed by atoms with van der Waals surface area (Å²) in [6.45, 7) is 9.42. The number of piperazine rings is 1. The third kappa shape index (κ3) is 5.48. The van der Waals surface area contributed by atoms with Crippen molar-refractivity contribution in [2.24, 2.45) is 0 Å². The number of nitrogens with one attached hydrogen (secondary N) is 1. The number of carbonyl (C=O) groups is 1. The highest BCUT2D eigenvalue weighted by atomic mass is 32.1. The molecule has 1 aliphatic rings. The van der Waals surface area contributed by atoms with Gasteiger partial charge in [-0.2, -0.15) is 4.98 Å². The maximum absolute atomic E-state index is 11.7. The maximum atomic E-state index is 11.7. The lowest BCUT2D eigenvalue weighted by Gasteiger charge is -2.34. The van der Waals surface area contributed by atoms with Gasteiger partial charge >= 0.3 is 0 Å². The zero-order valence-electron chi connectivity index (χ0n) is 14.9. The molecule has 0 unspecified atom stereocenters. The van der Waals surface area contributed by atoms with Crippen molar-refractivity contribution in [3.63, 3.8) is 0 Å². The van der Waals surface area contributed by atoms with E-state index in [4.69, 9.17) is 4.52 Å². The van der Waals surface area contributed by atoms with Crippen LogP contribution < -0.4 is 5.32 Å². The Bertz CT molecular complexity index is 692. The van der Waals surface area contributed by atoms with E-state index < -0.39 is 0 Å². The van der Waals surface area contributed by atoms with E-state index >= 15 is 0 Å². The van der Waals surface area contributed by atoms with Crippen molar-refractivity contribution in [2.75, 3.05) is 45.8 Å². The molecule has 2 aromatic heterocycles. The molecule has 0 aromatic carbocycles. The van der Waals surface area contributed by atoms with Crippen LogP contribution >= 0.6 is 11.3 Å². The molecule has 8 heteroatoms. The Morgan fingerprint density at radius 2 is 2.15 bits per heavy atom. The van der Waals surface area contributed by atoms with Gasteiger partial charge in [0, 0.05) is 39.1 Å². The highest BCUT2D eigenvalue weighted by Gasteiger charge is 2.18. The highest BCUT2D eigenvalue weighted by molar-refractivity contribution is 7.13. The van der Waals surface area contributed by atoms with Crippen LogP contribution in [0.2, 0.25) is 0 Å². The molecular weight excluding hydrogens is 350 g/mol. The Hall–Kier alpha value is -2.03. The minimum absolute atomic E-state index is 0.0660. The Kier molecular flexibility index (Phi) is 6.93. The minimum atomic E-state index is 0.0660. The van der Waals surface area contributed by atoms with Crippen molar-refractivity contribution in [3.05, 3.63) is 36.1 Å². The van der Waals surface area contributed by atoms with Gasteiger partial charge in [0.15, 0.2) is 0 Å². The lowest BCUT2D eigenvalue weighted by Crippen LogP contribution is -2.49. The molecular formula is C18H25N5O2S. The number of aromatic nitrogens is 2. The fraction of sp³-hybridized carbons (Fsp3) is 0.500. The van der Waals surface area contributed by atoms with Crippen LogP contribution in [0.4, 0.5) is 0 Å². The minimum Gasteiger partial charge on any atom is -0.352 e. The van der Waals surface area contributed by atoms with Gasteiger partial charge in [-0.15, -0.1) is 17.9 Å². The summed E-state index contributed by atoms with van der Waals surface area (Å²) < 4.78 is 5.34. The van der Waals surface area contributed by atoms with Crippen LogP contribution in [0.5, 0.6) is 0 Å². The van der Waals surface area contributed by atoms with Gasteiger partial charge < -0.3 is 14.7 Å². The van der Waals surface area contributed by atoms with Gasteiger partial charge in [0.25, 0.3) is 0 Å². The Morgan fingerprint density at radius 1 is 1.35 bits per heavy atom. The standard InChI is InChI=1S/C18H25N5O2S/c1-2-7-19-16(24)14-23-11-9-22(10-12-23)8-3-6-17-20-18(21-25-17)15-5-4-13-26-15/h2,4-5,13H,1,3,6-12,14H2,(H,19,24). The highest BCUT2D eigenvalue weighted by Crippen LogP contribution is 2.21. The number of aryl methyl sites for hydroxylation is 1. The predicted octanol–water partition coefficient (Wildman–Crippen LogP) is 1.65. The summed E-state index contributed by atoms with van der Waals surface area (Å²) in [5.41, 5.74) is 0. The molecule has 3 heterocycles. The molecule has 0 aliphatic carbocycles. The number of hydrogen-bond donors (Lipinski definition) is 1. The summed E-state index contributed by atoms with van der Waals surface area (Å²) in [6, 6.07) is 3.98. The zero-order chi connectivity index (χ0) is 18.2. The third-order valence-corrected chi connectivity index (χ3v) is 5.22. The van der Waals surface area contributed by atoms with Gasteiger partial charge in [0.1, 0.15) is 0 Å². The van der Waals surface area contributed by atoms with Gasteiger partial charge in [0.2, 0.25) is 17.6 Å². The molecule has 1 saturated heterocycles. The second-order valence-electron chi connectivity index (χ2n) is 6.30.